The van der Waals surface area contributed by atoms with Crippen molar-refractivity contribution >= 4 is 29.5 Å². The van der Waals surface area contributed by atoms with Crippen LogP contribution in [0, 0.1) is 6.92 Å². The van der Waals surface area contributed by atoms with Crippen molar-refractivity contribution in [1.29, 1.82) is 0 Å². The van der Waals surface area contributed by atoms with Crippen molar-refractivity contribution in [2.24, 2.45) is 0 Å². The van der Waals surface area contributed by atoms with Gasteiger partial charge in [-0.3, -0.25) is 4.79 Å². The minimum Gasteiger partial charge on any atom is -0.294 e. The highest BCUT2D eigenvalue weighted by Gasteiger charge is 2.16. The average molecular weight is 387 g/mol. The molecule has 0 aliphatic heterocycles. The second-order valence-electron chi connectivity index (χ2n) is 6.80. The lowest BCUT2D eigenvalue weighted by molar-refractivity contribution is -0.115. The molecule has 0 bridgehead atoms. The first-order valence-electron chi connectivity index (χ1n) is 9.37. The van der Waals surface area contributed by atoms with Gasteiger partial charge < -0.3 is 0 Å². The van der Waals surface area contributed by atoms with E-state index >= 15 is 0 Å². The molecule has 0 radical (unpaired) electrons. The van der Waals surface area contributed by atoms with Gasteiger partial charge in [0.1, 0.15) is 0 Å². The van der Waals surface area contributed by atoms with E-state index in [0.29, 0.717) is 11.4 Å². The fraction of sp³-hybridized carbons (Fsp3) is 0.115. The second kappa shape index (κ2) is 9.87. The summed E-state index contributed by atoms with van der Waals surface area (Å²) in [5.74, 6) is -0.110. The summed E-state index contributed by atoms with van der Waals surface area (Å²) in [6, 6.07) is 25.8. The molecule has 28 heavy (non-hydrogen) atoms. The van der Waals surface area contributed by atoms with E-state index < -0.39 is 0 Å². The number of hydrogen-bond acceptors (Lipinski definition) is 1. The maximum Gasteiger partial charge on any atom is 0.163 e. The molecular weight excluding hydrogens is 364 g/mol. The molecule has 2 heteroatoms. The van der Waals surface area contributed by atoms with Gasteiger partial charge in [0.25, 0.3) is 0 Å². The van der Waals surface area contributed by atoms with Crippen molar-refractivity contribution in [2.75, 3.05) is 0 Å². The third-order valence-corrected chi connectivity index (χ3v) is 4.87. The van der Waals surface area contributed by atoms with Crippen molar-refractivity contribution in [3.63, 3.8) is 0 Å². The fourth-order valence-corrected chi connectivity index (χ4v) is 3.11. The number of allylic oxidation sites excluding steroid dienone is 2. The van der Waals surface area contributed by atoms with Crippen LogP contribution < -0.4 is 0 Å². The third kappa shape index (κ3) is 5.80. The SMILES string of the molecule is Cc1ccc(/C=C/CC(C(=O)/C=C/c2ccc(Cl)cc2)c2ccccc2)cc1. The monoisotopic (exact) mass is 386 g/mol. The molecule has 140 valence electrons. The molecule has 3 aromatic rings. The van der Waals surface area contributed by atoms with Gasteiger partial charge in [0.05, 0.1) is 5.92 Å². The number of hydrogen-bond donors (Lipinski definition) is 0. The zero-order chi connectivity index (χ0) is 19.8. The summed E-state index contributed by atoms with van der Waals surface area (Å²) in [7, 11) is 0. The molecule has 1 atom stereocenters. The number of benzene rings is 3. The molecule has 3 rings (SSSR count). The van der Waals surface area contributed by atoms with Gasteiger partial charge >= 0.3 is 0 Å². The molecule has 0 fully saturated rings. The topological polar surface area (TPSA) is 17.1 Å². The number of carbonyl (C=O) groups excluding carboxylic acids is 1. The first kappa shape index (κ1) is 19.9. The molecule has 0 heterocycles. The summed E-state index contributed by atoms with van der Waals surface area (Å²) >= 11 is 5.92. The van der Waals surface area contributed by atoms with Crippen molar-refractivity contribution in [1.82, 2.24) is 0 Å². The summed E-state index contributed by atoms with van der Waals surface area (Å²) < 4.78 is 0. The van der Waals surface area contributed by atoms with E-state index in [1.807, 2.05) is 60.7 Å². The van der Waals surface area contributed by atoms with Gasteiger partial charge in [0.2, 0.25) is 0 Å². The van der Waals surface area contributed by atoms with E-state index in [9.17, 15) is 4.79 Å². The first-order valence-corrected chi connectivity index (χ1v) is 9.75. The van der Waals surface area contributed by atoms with E-state index in [1.165, 1.54) is 5.56 Å². The number of aryl methyl sites for hydroxylation is 1. The Balaban J connectivity index is 1.75. The Morgan fingerprint density at radius 3 is 2.14 bits per heavy atom. The van der Waals surface area contributed by atoms with Crippen LogP contribution in [0.25, 0.3) is 12.2 Å². The molecule has 3 aromatic carbocycles. The van der Waals surface area contributed by atoms with Gasteiger partial charge in [-0.15, -0.1) is 0 Å². The number of rotatable bonds is 7. The number of halogens is 1. The van der Waals surface area contributed by atoms with Gasteiger partial charge in [-0.05, 0) is 48.2 Å². The fourth-order valence-electron chi connectivity index (χ4n) is 2.99. The highest BCUT2D eigenvalue weighted by atomic mass is 35.5. The Kier molecular flexibility index (Phi) is 7.00. The lowest BCUT2D eigenvalue weighted by Gasteiger charge is -2.12. The van der Waals surface area contributed by atoms with Crippen molar-refractivity contribution < 1.29 is 4.79 Å². The lowest BCUT2D eigenvalue weighted by Crippen LogP contribution is -2.09. The Bertz CT molecular complexity index is 952. The third-order valence-electron chi connectivity index (χ3n) is 4.61. The van der Waals surface area contributed by atoms with Crippen molar-refractivity contribution in [2.45, 2.75) is 19.3 Å². The van der Waals surface area contributed by atoms with Gasteiger partial charge in [-0.1, -0.05) is 102 Å². The Morgan fingerprint density at radius 1 is 0.857 bits per heavy atom. The van der Waals surface area contributed by atoms with Crippen LogP contribution >= 0.6 is 11.6 Å². The maximum absolute atomic E-state index is 12.9. The smallest absolute Gasteiger partial charge is 0.163 e. The highest BCUT2D eigenvalue weighted by Crippen LogP contribution is 2.23. The van der Waals surface area contributed by atoms with Gasteiger partial charge in [0.15, 0.2) is 5.78 Å². The normalized spacial score (nSPS) is 12.5. The van der Waals surface area contributed by atoms with Gasteiger partial charge in [-0.2, -0.15) is 0 Å². The summed E-state index contributed by atoms with van der Waals surface area (Å²) in [6.45, 7) is 2.07. The lowest BCUT2D eigenvalue weighted by atomic mass is 9.90. The molecule has 0 N–H and O–H groups in total. The quantitative estimate of drug-likeness (QED) is 0.395. The largest absolute Gasteiger partial charge is 0.294 e. The molecule has 0 amide bonds. The second-order valence-corrected chi connectivity index (χ2v) is 7.24. The summed E-state index contributed by atoms with van der Waals surface area (Å²) in [4.78, 5) is 12.9. The predicted octanol–water partition coefficient (Wildman–Crippen LogP) is 7.12. The molecular formula is C26H23ClO. The van der Waals surface area contributed by atoms with Crippen molar-refractivity contribution in [3.8, 4) is 0 Å². The average Bonchev–Trinajstić information content (AvgIpc) is 2.72. The Morgan fingerprint density at radius 2 is 1.46 bits per heavy atom. The standard InChI is InChI=1S/C26H23ClO/c1-20-10-12-21(13-11-20)6-5-9-25(23-7-3-2-4-8-23)26(28)19-16-22-14-17-24(27)18-15-22/h2-8,10-19,25H,9H2,1H3/b6-5+,19-16+. The van der Waals surface area contributed by atoms with E-state index in [0.717, 1.165) is 16.7 Å². The van der Waals surface area contributed by atoms with Crippen LogP contribution in [-0.2, 0) is 4.79 Å². The number of ketones is 1. The van der Waals surface area contributed by atoms with E-state index in [2.05, 4.69) is 43.3 Å². The molecule has 0 saturated carbocycles. The van der Waals surface area contributed by atoms with Gasteiger partial charge in [-0.25, -0.2) is 0 Å². The minimum atomic E-state index is -0.202. The number of carbonyl (C=O) groups is 1. The molecule has 1 unspecified atom stereocenters. The molecule has 0 spiro atoms. The van der Waals surface area contributed by atoms with Gasteiger partial charge in [0, 0.05) is 5.02 Å². The maximum atomic E-state index is 12.9. The summed E-state index contributed by atoms with van der Waals surface area (Å²) in [5.41, 5.74) is 4.37. The summed E-state index contributed by atoms with van der Waals surface area (Å²) in [5, 5.41) is 0.687. The van der Waals surface area contributed by atoms with Crippen molar-refractivity contribution in [3.05, 3.63) is 118 Å². The zero-order valence-electron chi connectivity index (χ0n) is 15.9. The summed E-state index contributed by atoms with van der Waals surface area (Å²) in [6.07, 6.45) is 8.32. The van der Waals surface area contributed by atoms with Crippen LogP contribution in [0.2, 0.25) is 5.02 Å². The van der Waals surface area contributed by atoms with Crippen LogP contribution in [0.1, 0.15) is 34.6 Å². The molecule has 0 saturated heterocycles. The Hall–Kier alpha value is -2.90. The van der Waals surface area contributed by atoms with E-state index in [-0.39, 0.29) is 11.7 Å². The van der Waals surface area contributed by atoms with E-state index in [1.54, 1.807) is 6.08 Å². The van der Waals surface area contributed by atoms with Crippen LogP contribution in [0.15, 0.2) is 91.0 Å². The predicted molar refractivity (Wildman–Crippen MR) is 120 cm³/mol. The first-order chi connectivity index (χ1) is 13.6. The van der Waals surface area contributed by atoms with Crippen LogP contribution in [-0.4, -0.2) is 5.78 Å². The Labute approximate surface area is 172 Å². The molecule has 1 nitrogen and oxygen atoms in total. The van der Waals surface area contributed by atoms with Crippen LogP contribution in [0.5, 0.6) is 0 Å². The molecule has 0 aliphatic carbocycles. The zero-order valence-corrected chi connectivity index (χ0v) is 16.6. The van der Waals surface area contributed by atoms with E-state index in [4.69, 9.17) is 11.6 Å². The molecule has 0 aliphatic rings. The minimum absolute atomic E-state index is 0.0923. The highest BCUT2D eigenvalue weighted by molar-refractivity contribution is 6.30. The van der Waals surface area contributed by atoms with Crippen LogP contribution in [0.4, 0.5) is 0 Å². The molecule has 0 aromatic heterocycles. The van der Waals surface area contributed by atoms with Crippen LogP contribution in [0.3, 0.4) is 0 Å².